The maximum absolute atomic E-state index is 5.97. The number of allylic oxidation sites excluding steroid dienone is 1. The Morgan fingerprint density at radius 3 is 2.54 bits per heavy atom. The van der Waals surface area contributed by atoms with E-state index in [1.54, 1.807) is 20.4 Å². The lowest BCUT2D eigenvalue weighted by Crippen LogP contribution is -2.40. The van der Waals surface area contributed by atoms with E-state index in [1.807, 2.05) is 13.0 Å². The Morgan fingerprint density at radius 1 is 1.29 bits per heavy atom. The molecule has 0 bridgehead atoms. The van der Waals surface area contributed by atoms with Crippen molar-refractivity contribution in [3.8, 4) is 5.88 Å². The zero-order valence-corrected chi connectivity index (χ0v) is 16.3. The van der Waals surface area contributed by atoms with Crippen LogP contribution in [0.3, 0.4) is 0 Å². The van der Waals surface area contributed by atoms with Gasteiger partial charge in [0.05, 0.1) is 7.11 Å². The molecule has 0 saturated heterocycles. The Bertz CT molecular complexity index is 526. The quantitative estimate of drug-likeness (QED) is 0.638. The van der Waals surface area contributed by atoms with Crippen molar-refractivity contribution in [1.82, 2.24) is 4.98 Å². The summed E-state index contributed by atoms with van der Waals surface area (Å²) in [6, 6.07) is 1.93. The molecule has 1 rings (SSSR count). The summed E-state index contributed by atoms with van der Waals surface area (Å²) in [5, 5.41) is 0. The van der Waals surface area contributed by atoms with Gasteiger partial charge in [0.1, 0.15) is 0 Å². The van der Waals surface area contributed by atoms with Gasteiger partial charge < -0.3 is 14.0 Å². The summed E-state index contributed by atoms with van der Waals surface area (Å²) in [7, 11) is 2.85. The third-order valence-electron chi connectivity index (χ3n) is 3.91. The zero-order valence-electron chi connectivity index (χ0n) is 16.3. The first-order valence-electron chi connectivity index (χ1n) is 8.69. The second-order valence-corrected chi connectivity index (χ2v) is 7.28. The number of ether oxygens (including phenoxy) is 1. The van der Waals surface area contributed by atoms with Gasteiger partial charge in [0.15, 0.2) is 0 Å². The van der Waals surface area contributed by atoms with Gasteiger partial charge in [-0.25, -0.2) is 4.98 Å². The molecule has 1 heterocycles. The van der Waals surface area contributed by atoms with Gasteiger partial charge in [-0.1, -0.05) is 39.8 Å². The van der Waals surface area contributed by atoms with Crippen molar-refractivity contribution in [3.05, 3.63) is 23.9 Å². The number of hydrogen-bond donors (Lipinski definition) is 0. The Balaban J connectivity index is 3.00. The van der Waals surface area contributed by atoms with Crippen LogP contribution in [0.4, 0.5) is 0 Å². The number of nitrogens with zero attached hydrogens (tertiary/aromatic N) is 1. The average molecular weight is 333 g/mol. The van der Waals surface area contributed by atoms with Crippen molar-refractivity contribution < 1.29 is 14.0 Å². The van der Waals surface area contributed by atoms with Crippen LogP contribution in [-0.2, 0) is 9.31 Å². The van der Waals surface area contributed by atoms with Crippen molar-refractivity contribution in [2.24, 2.45) is 5.41 Å². The van der Waals surface area contributed by atoms with Crippen molar-refractivity contribution >= 4 is 18.7 Å². The van der Waals surface area contributed by atoms with E-state index in [1.165, 1.54) is 0 Å². The lowest BCUT2D eigenvalue weighted by molar-refractivity contribution is 0.170. The highest BCUT2D eigenvalue weighted by Crippen LogP contribution is 2.21. The van der Waals surface area contributed by atoms with Crippen LogP contribution < -0.4 is 10.2 Å². The van der Waals surface area contributed by atoms with Crippen LogP contribution in [0.1, 0.15) is 59.4 Å². The molecule has 1 unspecified atom stereocenters. The fraction of sp³-hybridized carbons (Fsp3) is 0.632. The minimum atomic E-state index is -0.430. The highest BCUT2D eigenvalue weighted by molar-refractivity contribution is 6.62. The molecule has 0 aromatic carbocycles. The summed E-state index contributed by atoms with van der Waals surface area (Å²) in [4.78, 5) is 4.31. The molecule has 1 aromatic heterocycles. The van der Waals surface area contributed by atoms with E-state index in [2.05, 4.69) is 44.8 Å². The monoisotopic (exact) mass is 333 g/mol. The third kappa shape index (κ3) is 7.06. The number of rotatable bonds is 9. The first kappa shape index (κ1) is 20.7. The molecule has 0 fully saturated rings. The normalized spacial score (nSPS) is 13.3. The Hall–Kier alpha value is -1.33. The topological polar surface area (TPSA) is 40.6 Å². The predicted octanol–water partition coefficient (Wildman–Crippen LogP) is 4.09. The first-order chi connectivity index (χ1) is 11.3. The van der Waals surface area contributed by atoms with E-state index in [0.717, 1.165) is 30.3 Å². The minimum Gasteiger partial charge on any atom is -0.481 e. The van der Waals surface area contributed by atoms with Crippen molar-refractivity contribution in [2.75, 3.05) is 14.2 Å². The molecule has 0 aliphatic rings. The fourth-order valence-electron chi connectivity index (χ4n) is 2.20. The summed E-state index contributed by atoms with van der Waals surface area (Å²) in [6.07, 6.45) is 9.29. The molecule has 4 nitrogen and oxygen atoms in total. The van der Waals surface area contributed by atoms with E-state index in [-0.39, 0.29) is 6.10 Å². The van der Waals surface area contributed by atoms with Crippen LogP contribution in [0, 0.1) is 5.41 Å². The number of methoxy groups -OCH3 is 1. The summed E-state index contributed by atoms with van der Waals surface area (Å²) < 4.78 is 16.8. The molecule has 134 valence electrons. The molecule has 0 aliphatic carbocycles. The van der Waals surface area contributed by atoms with E-state index in [0.29, 0.717) is 11.3 Å². The van der Waals surface area contributed by atoms with Gasteiger partial charge in [-0.2, -0.15) is 0 Å². The third-order valence-corrected chi connectivity index (χ3v) is 3.91. The molecule has 0 spiro atoms. The summed E-state index contributed by atoms with van der Waals surface area (Å²) in [5.74, 6) is 0.590. The van der Waals surface area contributed by atoms with Gasteiger partial charge in [0.25, 0.3) is 0 Å². The molecular weight excluding hydrogens is 301 g/mol. The van der Waals surface area contributed by atoms with Crippen molar-refractivity contribution in [2.45, 2.75) is 60.0 Å². The van der Waals surface area contributed by atoms with Gasteiger partial charge in [-0.05, 0) is 37.2 Å². The van der Waals surface area contributed by atoms with Crippen molar-refractivity contribution in [1.29, 1.82) is 0 Å². The molecular formula is C19H32BNO3. The summed E-state index contributed by atoms with van der Waals surface area (Å²) >= 11 is 0. The van der Waals surface area contributed by atoms with Crippen molar-refractivity contribution in [3.63, 3.8) is 0 Å². The molecule has 0 N–H and O–H groups in total. The first-order valence-corrected chi connectivity index (χ1v) is 8.69. The van der Waals surface area contributed by atoms with Crippen LogP contribution in [0.5, 0.6) is 5.88 Å². The molecule has 1 aromatic rings. The SMILES string of the molecule is CCC(C)OB(OC)c1cnc(OC)cc1/C=C/CCC(C)(C)C. The molecule has 0 amide bonds. The minimum absolute atomic E-state index is 0.120. The predicted molar refractivity (Wildman–Crippen MR) is 102 cm³/mol. The van der Waals surface area contributed by atoms with Crippen LogP contribution >= 0.6 is 0 Å². The van der Waals surface area contributed by atoms with E-state index in [9.17, 15) is 0 Å². The molecule has 24 heavy (non-hydrogen) atoms. The lowest BCUT2D eigenvalue weighted by Gasteiger charge is -2.19. The van der Waals surface area contributed by atoms with E-state index < -0.39 is 7.12 Å². The lowest BCUT2D eigenvalue weighted by atomic mass is 9.76. The molecule has 0 saturated carbocycles. The molecule has 1 atom stereocenters. The largest absolute Gasteiger partial charge is 0.496 e. The standard InChI is InChI=1S/C19H32BNO3/c1-8-15(2)24-20(23-7)17-14-21-18(22-6)13-16(17)11-9-10-12-19(3,4)5/h9,11,13-15H,8,10,12H2,1-7H3/b11-9+. The highest BCUT2D eigenvalue weighted by atomic mass is 16.6. The Labute approximate surface area is 147 Å². The molecule has 0 aliphatic heterocycles. The molecule has 0 radical (unpaired) electrons. The Kier molecular flexibility index (Phi) is 8.50. The van der Waals surface area contributed by atoms with Crippen LogP contribution in [0.25, 0.3) is 6.08 Å². The molecule has 5 heteroatoms. The van der Waals surface area contributed by atoms with Gasteiger partial charge in [-0.3, -0.25) is 0 Å². The Morgan fingerprint density at radius 2 is 2.00 bits per heavy atom. The smallest absolute Gasteiger partial charge is 0.481 e. The van der Waals surface area contributed by atoms with Gasteiger partial charge >= 0.3 is 7.12 Å². The number of pyridine rings is 1. The number of aromatic nitrogens is 1. The van der Waals surface area contributed by atoms with Crippen LogP contribution in [-0.4, -0.2) is 32.4 Å². The van der Waals surface area contributed by atoms with Gasteiger partial charge in [0.2, 0.25) is 5.88 Å². The van der Waals surface area contributed by atoms with E-state index >= 15 is 0 Å². The summed E-state index contributed by atoms with van der Waals surface area (Å²) in [6.45, 7) is 10.9. The second-order valence-electron chi connectivity index (χ2n) is 7.28. The highest BCUT2D eigenvalue weighted by Gasteiger charge is 2.25. The summed E-state index contributed by atoms with van der Waals surface area (Å²) in [5.41, 5.74) is 2.27. The van der Waals surface area contributed by atoms with Crippen LogP contribution in [0.15, 0.2) is 18.3 Å². The second kappa shape index (κ2) is 9.85. The zero-order chi connectivity index (χ0) is 18.2. The van der Waals surface area contributed by atoms with Gasteiger partial charge in [0, 0.05) is 30.9 Å². The fourth-order valence-corrected chi connectivity index (χ4v) is 2.20. The van der Waals surface area contributed by atoms with Crippen LogP contribution in [0.2, 0.25) is 0 Å². The van der Waals surface area contributed by atoms with Gasteiger partial charge in [-0.15, -0.1) is 0 Å². The maximum atomic E-state index is 5.97. The maximum Gasteiger partial charge on any atom is 0.496 e. The number of hydrogen-bond acceptors (Lipinski definition) is 4. The average Bonchev–Trinajstić information content (AvgIpc) is 2.55. The van der Waals surface area contributed by atoms with E-state index in [4.69, 9.17) is 14.0 Å².